The lowest BCUT2D eigenvalue weighted by Crippen LogP contribution is -2.15. The smallest absolute Gasteiger partial charge is 0.262 e. The summed E-state index contributed by atoms with van der Waals surface area (Å²) in [4.78, 5) is 24.8. The minimum absolute atomic E-state index is 0.0462. The molecule has 35 heavy (non-hydrogen) atoms. The van der Waals surface area contributed by atoms with Gasteiger partial charge in [0.2, 0.25) is 11.8 Å². The first-order chi connectivity index (χ1) is 16.7. The number of carbonyl (C=O) groups excluding carboxylic acids is 2. The molecule has 1 aliphatic rings. The molecule has 1 aromatic heterocycles. The number of anilines is 2. The second-order valence-electron chi connectivity index (χ2n) is 8.06. The molecule has 2 heterocycles. The molecule has 4 rings (SSSR count). The molecular formula is C24H26N4O6S. The highest BCUT2D eigenvalue weighted by Gasteiger charge is 2.28. The lowest BCUT2D eigenvalue weighted by molar-refractivity contribution is -0.116. The van der Waals surface area contributed by atoms with Crippen LogP contribution in [0.15, 0.2) is 41.3 Å². The number of hydrogen-bond donors (Lipinski definition) is 2. The van der Waals surface area contributed by atoms with Gasteiger partial charge in [-0.15, -0.1) is 0 Å². The zero-order valence-electron chi connectivity index (χ0n) is 19.8. The summed E-state index contributed by atoms with van der Waals surface area (Å²) in [7, 11) is -1.07. The number of rotatable bonds is 7. The van der Waals surface area contributed by atoms with Gasteiger partial charge in [-0.1, -0.05) is 19.1 Å². The van der Waals surface area contributed by atoms with Crippen LogP contribution in [0.4, 0.5) is 11.5 Å². The molecule has 0 spiro atoms. The normalized spacial score (nSPS) is 13.6. The van der Waals surface area contributed by atoms with Crippen molar-refractivity contribution in [2.24, 2.45) is 0 Å². The lowest BCUT2D eigenvalue weighted by atomic mass is 10.0. The average molecular weight is 499 g/mol. The number of nitrogens with one attached hydrogen (secondary N) is 2. The monoisotopic (exact) mass is 498 g/mol. The van der Waals surface area contributed by atoms with Gasteiger partial charge in [-0.3, -0.25) is 14.3 Å². The van der Waals surface area contributed by atoms with Crippen LogP contribution in [0.5, 0.6) is 11.5 Å². The van der Waals surface area contributed by atoms with Gasteiger partial charge in [-0.05, 0) is 30.5 Å². The second-order valence-corrected chi connectivity index (χ2v) is 9.72. The highest BCUT2D eigenvalue weighted by Crippen LogP contribution is 2.36. The molecule has 1 aliphatic heterocycles. The van der Waals surface area contributed by atoms with E-state index in [9.17, 15) is 18.0 Å². The standard InChI is InChI=1S/C24H26N4O6S/c1-5-19-23(24-25-21(29)8-9-22(30)28(24)26-19)15-7-6-14(2)20(10-15)35(31,32)27-16-11-17(33-3)13-18(12-16)34-4/h6-7,10-13,27H,5,8-9H2,1-4H3,(H,25,29). The highest BCUT2D eigenvalue weighted by molar-refractivity contribution is 7.92. The summed E-state index contributed by atoms with van der Waals surface area (Å²) in [6.07, 6.45) is 0.589. The molecule has 0 aliphatic carbocycles. The van der Waals surface area contributed by atoms with E-state index in [1.165, 1.54) is 25.0 Å². The molecular weight excluding hydrogens is 472 g/mol. The SMILES string of the molecule is CCc1nn2c(c1-c1ccc(C)c(S(=O)(=O)Nc3cc(OC)cc(OC)c3)c1)NC(=O)CCC2=O. The van der Waals surface area contributed by atoms with Gasteiger partial charge in [-0.2, -0.15) is 9.78 Å². The number of amides is 1. The van der Waals surface area contributed by atoms with Gasteiger partial charge >= 0.3 is 0 Å². The Bertz CT molecular complexity index is 1410. The average Bonchev–Trinajstić information content (AvgIpc) is 3.13. The maximum Gasteiger partial charge on any atom is 0.262 e. The fourth-order valence-electron chi connectivity index (χ4n) is 3.95. The molecule has 0 unspecified atom stereocenters. The molecule has 0 fully saturated rings. The van der Waals surface area contributed by atoms with Gasteiger partial charge in [0.1, 0.15) is 17.3 Å². The van der Waals surface area contributed by atoms with Crippen LogP contribution >= 0.6 is 0 Å². The Balaban J connectivity index is 1.81. The number of ether oxygens (including phenoxy) is 2. The minimum atomic E-state index is -4.02. The van der Waals surface area contributed by atoms with Crippen LogP contribution in [0.1, 0.15) is 35.8 Å². The van der Waals surface area contributed by atoms with Gasteiger partial charge < -0.3 is 14.8 Å². The largest absolute Gasteiger partial charge is 0.497 e. The van der Waals surface area contributed by atoms with E-state index >= 15 is 0 Å². The number of nitrogens with zero attached hydrogens (tertiary/aromatic N) is 2. The van der Waals surface area contributed by atoms with Crippen LogP contribution < -0.4 is 19.5 Å². The van der Waals surface area contributed by atoms with Crippen molar-refractivity contribution in [3.8, 4) is 22.6 Å². The van der Waals surface area contributed by atoms with Crippen LogP contribution in [0, 0.1) is 6.92 Å². The van der Waals surface area contributed by atoms with Crippen molar-refractivity contribution in [3.63, 3.8) is 0 Å². The van der Waals surface area contributed by atoms with Crippen molar-refractivity contribution in [1.82, 2.24) is 9.78 Å². The van der Waals surface area contributed by atoms with Gasteiger partial charge in [-0.25, -0.2) is 8.42 Å². The Hall–Kier alpha value is -3.86. The van der Waals surface area contributed by atoms with E-state index in [0.29, 0.717) is 40.3 Å². The molecule has 11 heteroatoms. The highest BCUT2D eigenvalue weighted by atomic mass is 32.2. The first-order valence-electron chi connectivity index (χ1n) is 11.0. The summed E-state index contributed by atoms with van der Waals surface area (Å²) in [5.41, 5.74) is 2.42. The van der Waals surface area contributed by atoms with Crippen LogP contribution in [-0.4, -0.2) is 44.2 Å². The molecule has 0 radical (unpaired) electrons. The number of carbonyl (C=O) groups is 2. The summed E-state index contributed by atoms with van der Waals surface area (Å²) < 4.78 is 41.1. The van der Waals surface area contributed by atoms with Gasteiger partial charge in [0.25, 0.3) is 10.0 Å². The fraction of sp³-hybridized carbons (Fsp3) is 0.292. The molecule has 0 atom stereocenters. The summed E-state index contributed by atoms with van der Waals surface area (Å²) in [6, 6.07) is 9.69. The van der Waals surface area contributed by atoms with Crippen LogP contribution in [0.2, 0.25) is 0 Å². The first kappa shape index (κ1) is 24.3. The number of aromatic nitrogens is 2. The molecule has 3 aromatic rings. The third-order valence-corrected chi connectivity index (χ3v) is 7.25. The maximum absolute atomic E-state index is 13.4. The van der Waals surface area contributed by atoms with Crippen molar-refractivity contribution >= 4 is 33.3 Å². The lowest BCUT2D eigenvalue weighted by Gasteiger charge is -2.14. The van der Waals surface area contributed by atoms with E-state index in [-0.39, 0.29) is 41.1 Å². The Morgan fingerprint density at radius 2 is 1.74 bits per heavy atom. The molecule has 2 aromatic carbocycles. The number of benzene rings is 2. The number of aryl methyl sites for hydroxylation is 2. The zero-order chi connectivity index (χ0) is 25.3. The maximum atomic E-state index is 13.4. The second kappa shape index (κ2) is 9.41. The molecule has 2 N–H and O–H groups in total. The molecule has 0 saturated heterocycles. The fourth-order valence-corrected chi connectivity index (χ4v) is 5.26. The van der Waals surface area contributed by atoms with E-state index < -0.39 is 10.0 Å². The van der Waals surface area contributed by atoms with Crippen molar-refractivity contribution < 1.29 is 27.5 Å². The number of hydrogen-bond acceptors (Lipinski definition) is 7. The summed E-state index contributed by atoms with van der Waals surface area (Å²) in [5, 5.41) is 7.16. The van der Waals surface area contributed by atoms with Crippen molar-refractivity contribution in [1.29, 1.82) is 0 Å². The van der Waals surface area contributed by atoms with Crippen molar-refractivity contribution in [2.45, 2.75) is 38.0 Å². The quantitative estimate of drug-likeness (QED) is 0.509. The van der Waals surface area contributed by atoms with E-state index in [4.69, 9.17) is 9.47 Å². The van der Waals surface area contributed by atoms with E-state index in [2.05, 4.69) is 15.1 Å². The minimum Gasteiger partial charge on any atom is -0.497 e. The van der Waals surface area contributed by atoms with Crippen LogP contribution in [0.3, 0.4) is 0 Å². The third kappa shape index (κ3) is 4.72. The van der Waals surface area contributed by atoms with Crippen LogP contribution in [0.25, 0.3) is 11.1 Å². The van der Waals surface area contributed by atoms with Crippen molar-refractivity contribution in [2.75, 3.05) is 24.3 Å². The Labute approximate surface area is 203 Å². The van der Waals surface area contributed by atoms with Gasteiger partial charge in [0.15, 0.2) is 0 Å². The predicted octanol–water partition coefficient (Wildman–Crippen LogP) is 3.61. The molecule has 0 bridgehead atoms. The predicted molar refractivity (Wildman–Crippen MR) is 131 cm³/mol. The zero-order valence-corrected chi connectivity index (χ0v) is 20.7. The summed E-state index contributed by atoms with van der Waals surface area (Å²) in [5.74, 6) is 0.528. The Morgan fingerprint density at radius 3 is 2.37 bits per heavy atom. The topological polar surface area (TPSA) is 129 Å². The van der Waals surface area contributed by atoms with E-state index in [1.54, 1.807) is 37.3 Å². The number of fused-ring (bicyclic) bond motifs is 1. The third-order valence-electron chi connectivity index (χ3n) is 5.72. The Kier molecular flexibility index (Phi) is 6.53. The summed E-state index contributed by atoms with van der Waals surface area (Å²) in [6.45, 7) is 3.57. The molecule has 1 amide bonds. The van der Waals surface area contributed by atoms with Gasteiger partial charge in [0.05, 0.1) is 30.5 Å². The number of sulfonamides is 1. The number of methoxy groups -OCH3 is 2. The Morgan fingerprint density at radius 1 is 1.06 bits per heavy atom. The molecule has 0 saturated carbocycles. The summed E-state index contributed by atoms with van der Waals surface area (Å²) >= 11 is 0. The van der Waals surface area contributed by atoms with E-state index in [1.807, 2.05) is 6.92 Å². The molecule has 184 valence electrons. The van der Waals surface area contributed by atoms with Gasteiger partial charge in [0, 0.05) is 36.6 Å². The van der Waals surface area contributed by atoms with Crippen LogP contribution in [-0.2, 0) is 21.2 Å². The van der Waals surface area contributed by atoms with E-state index in [0.717, 1.165) is 0 Å². The van der Waals surface area contributed by atoms with Crippen molar-refractivity contribution in [3.05, 3.63) is 47.7 Å². The molecule has 10 nitrogen and oxygen atoms in total. The first-order valence-corrected chi connectivity index (χ1v) is 12.5.